The van der Waals surface area contributed by atoms with Gasteiger partial charge >= 0.3 is 17.8 Å². The third kappa shape index (κ3) is 3.95. The lowest BCUT2D eigenvalue weighted by Gasteiger charge is -2.45. The number of aromatic nitrogens is 2. The average Bonchev–Trinajstić information content (AvgIpc) is 3.48. The summed E-state index contributed by atoms with van der Waals surface area (Å²) in [6.45, 7) is 7.11. The first-order valence-electron chi connectivity index (χ1n) is 11.1. The van der Waals surface area contributed by atoms with E-state index in [1.165, 1.54) is 5.56 Å². The Hall–Kier alpha value is -3.00. The van der Waals surface area contributed by atoms with Gasteiger partial charge in [0.2, 0.25) is 0 Å². The number of hydrogen-bond acceptors (Lipinski definition) is 8. The summed E-state index contributed by atoms with van der Waals surface area (Å²) in [4.78, 5) is 31.0. The fourth-order valence-electron chi connectivity index (χ4n) is 4.43. The molecule has 8 nitrogen and oxygen atoms in total. The van der Waals surface area contributed by atoms with Gasteiger partial charge in [0.15, 0.2) is 5.82 Å². The van der Waals surface area contributed by atoms with Gasteiger partial charge in [0.1, 0.15) is 0 Å². The maximum absolute atomic E-state index is 12.2. The van der Waals surface area contributed by atoms with Gasteiger partial charge in [-0.1, -0.05) is 38.1 Å². The van der Waals surface area contributed by atoms with Crippen molar-refractivity contribution in [3.05, 3.63) is 47.8 Å². The molecule has 1 atom stereocenters. The van der Waals surface area contributed by atoms with Crippen LogP contribution < -0.4 is 0 Å². The highest BCUT2D eigenvalue weighted by Gasteiger charge is 2.55. The van der Waals surface area contributed by atoms with Crippen molar-refractivity contribution in [2.24, 2.45) is 0 Å². The van der Waals surface area contributed by atoms with Gasteiger partial charge in [0.05, 0.1) is 6.42 Å². The van der Waals surface area contributed by atoms with Crippen molar-refractivity contribution in [3.8, 4) is 11.5 Å². The van der Waals surface area contributed by atoms with E-state index in [-0.39, 0.29) is 23.8 Å². The van der Waals surface area contributed by atoms with E-state index in [1.54, 1.807) is 0 Å². The molecule has 1 aromatic heterocycles. The minimum Gasteiger partial charge on any atom is -0.405 e. The van der Waals surface area contributed by atoms with Crippen LogP contribution >= 0.6 is 0 Å². The normalized spacial score (nSPS) is 23.7. The Morgan fingerprint density at radius 1 is 1.00 bits per heavy atom. The number of hydrogen-bond donors (Lipinski definition) is 0. The zero-order valence-electron chi connectivity index (χ0n) is 18.5. The lowest BCUT2D eigenvalue weighted by Crippen LogP contribution is -2.59. The van der Waals surface area contributed by atoms with Gasteiger partial charge in [-0.25, -0.2) is 14.5 Å². The van der Waals surface area contributed by atoms with Crippen LogP contribution in [0, 0.1) is 0 Å². The minimum atomic E-state index is -1.43. The molecule has 1 saturated heterocycles. The number of carbonyl (C=O) groups is 2. The molecule has 2 fully saturated rings. The molecular formula is C24H27N3O5. The van der Waals surface area contributed by atoms with Gasteiger partial charge in [-0.05, 0) is 42.4 Å². The van der Waals surface area contributed by atoms with Gasteiger partial charge in [0, 0.05) is 36.2 Å². The molecule has 0 N–H and O–H groups in total. The van der Waals surface area contributed by atoms with E-state index < -0.39 is 17.8 Å². The Morgan fingerprint density at radius 3 is 2.25 bits per heavy atom. The van der Waals surface area contributed by atoms with Crippen molar-refractivity contribution >= 4 is 11.9 Å². The molecule has 2 aliphatic heterocycles. The highest BCUT2D eigenvalue weighted by Crippen LogP contribution is 2.45. The fraction of sp³-hybridized carbons (Fsp3) is 0.500. The second-order valence-electron chi connectivity index (χ2n) is 9.79. The minimum absolute atomic E-state index is 0.0603. The van der Waals surface area contributed by atoms with Crippen molar-refractivity contribution in [2.45, 2.75) is 69.7 Å². The first-order valence-corrected chi connectivity index (χ1v) is 11.1. The predicted molar refractivity (Wildman–Crippen MR) is 114 cm³/mol. The van der Waals surface area contributed by atoms with E-state index in [0.29, 0.717) is 18.3 Å². The summed E-state index contributed by atoms with van der Waals surface area (Å²) < 4.78 is 16.9. The highest BCUT2D eigenvalue weighted by molar-refractivity contribution is 5.93. The summed E-state index contributed by atoms with van der Waals surface area (Å²) in [6, 6.07) is 8.35. The number of likely N-dealkylation sites (tertiary alicyclic amines) is 1. The lowest BCUT2D eigenvalue weighted by atomic mass is 9.87. The first-order chi connectivity index (χ1) is 15.2. The number of piperidine rings is 1. The van der Waals surface area contributed by atoms with Crippen LogP contribution in [0.1, 0.15) is 63.8 Å². The number of esters is 2. The SMILES string of the molecule is CC(C)(C)c1ccc(-c2nc(C3CCN(C4CC4)C4(C3)OC(=O)C=CC(=O)O4)no2)cc1. The Morgan fingerprint density at radius 2 is 1.66 bits per heavy atom. The molecule has 3 aliphatic rings. The third-order valence-electron chi connectivity index (χ3n) is 6.33. The van der Waals surface area contributed by atoms with E-state index in [0.717, 1.165) is 37.0 Å². The Balaban J connectivity index is 1.39. The van der Waals surface area contributed by atoms with Crippen LogP contribution in [0.3, 0.4) is 0 Å². The molecule has 0 bridgehead atoms. The molecule has 3 heterocycles. The summed E-state index contributed by atoms with van der Waals surface area (Å²) >= 11 is 0. The van der Waals surface area contributed by atoms with Crippen molar-refractivity contribution in [3.63, 3.8) is 0 Å². The molecule has 1 aliphatic carbocycles. The Kier molecular flexibility index (Phi) is 4.93. The Labute approximate surface area is 186 Å². The average molecular weight is 437 g/mol. The van der Waals surface area contributed by atoms with Crippen LogP contribution in [0.5, 0.6) is 0 Å². The molecule has 1 aromatic carbocycles. The van der Waals surface area contributed by atoms with Crippen LogP contribution in [0.25, 0.3) is 11.5 Å². The summed E-state index contributed by atoms with van der Waals surface area (Å²) in [7, 11) is 0. The van der Waals surface area contributed by atoms with Gasteiger partial charge in [-0.2, -0.15) is 4.98 Å². The zero-order valence-corrected chi connectivity index (χ0v) is 18.5. The predicted octanol–water partition coefficient (Wildman–Crippen LogP) is 3.69. The second-order valence-corrected chi connectivity index (χ2v) is 9.79. The lowest BCUT2D eigenvalue weighted by molar-refractivity contribution is -0.298. The van der Waals surface area contributed by atoms with Crippen LogP contribution in [0.2, 0.25) is 0 Å². The smallest absolute Gasteiger partial charge is 0.335 e. The van der Waals surface area contributed by atoms with Crippen LogP contribution in [0.15, 0.2) is 40.9 Å². The van der Waals surface area contributed by atoms with E-state index in [2.05, 4.69) is 43.0 Å². The molecule has 8 heteroatoms. The molecule has 5 rings (SSSR count). The number of rotatable bonds is 3. The molecule has 32 heavy (non-hydrogen) atoms. The molecular weight excluding hydrogens is 410 g/mol. The summed E-state index contributed by atoms with van der Waals surface area (Å²) in [6.07, 6.45) is 5.23. The number of ether oxygens (including phenoxy) is 2. The van der Waals surface area contributed by atoms with Gasteiger partial charge in [-0.3, -0.25) is 0 Å². The van der Waals surface area contributed by atoms with Gasteiger partial charge in [-0.15, -0.1) is 0 Å². The zero-order chi connectivity index (χ0) is 22.5. The summed E-state index contributed by atoms with van der Waals surface area (Å²) in [5.74, 6) is -1.81. The standard InChI is InChI=1S/C24H27N3O5/c1-23(2,3)17-6-4-15(5-7-17)22-25-21(26-32-22)16-12-13-27(18-8-9-18)24(14-16)30-19(28)10-11-20(29)31-24/h4-7,10-11,16,18H,8-9,12-14H2,1-3H3. The van der Waals surface area contributed by atoms with Gasteiger partial charge in [0.25, 0.3) is 5.89 Å². The largest absolute Gasteiger partial charge is 0.405 e. The number of carbonyl (C=O) groups excluding carboxylic acids is 2. The van der Waals surface area contributed by atoms with Crippen molar-refractivity contribution in [1.29, 1.82) is 0 Å². The number of nitrogens with zero attached hydrogens (tertiary/aromatic N) is 3. The molecule has 1 saturated carbocycles. The molecule has 168 valence electrons. The summed E-state index contributed by atoms with van der Waals surface area (Å²) in [5, 5.41) is 4.21. The van der Waals surface area contributed by atoms with Crippen LogP contribution in [-0.2, 0) is 24.5 Å². The van der Waals surface area contributed by atoms with Crippen LogP contribution in [-0.4, -0.2) is 45.5 Å². The summed E-state index contributed by atoms with van der Waals surface area (Å²) in [5.41, 5.74) is 2.13. The molecule has 1 spiro atoms. The van der Waals surface area contributed by atoms with Crippen molar-refractivity contribution < 1.29 is 23.6 Å². The van der Waals surface area contributed by atoms with E-state index in [4.69, 9.17) is 14.0 Å². The third-order valence-corrected chi connectivity index (χ3v) is 6.33. The highest BCUT2D eigenvalue weighted by atomic mass is 16.8. The quantitative estimate of drug-likeness (QED) is 0.671. The maximum Gasteiger partial charge on any atom is 0.335 e. The van der Waals surface area contributed by atoms with E-state index in [1.807, 2.05) is 17.0 Å². The fourth-order valence-corrected chi connectivity index (χ4v) is 4.43. The van der Waals surface area contributed by atoms with Crippen molar-refractivity contribution in [2.75, 3.05) is 6.54 Å². The Bertz CT molecular complexity index is 1040. The first kappa shape index (κ1) is 20.9. The molecule has 1 unspecified atom stereocenters. The molecule has 0 amide bonds. The monoisotopic (exact) mass is 437 g/mol. The second kappa shape index (κ2) is 7.55. The van der Waals surface area contributed by atoms with Crippen molar-refractivity contribution in [1.82, 2.24) is 15.0 Å². The van der Waals surface area contributed by atoms with Gasteiger partial charge < -0.3 is 14.0 Å². The van der Waals surface area contributed by atoms with E-state index >= 15 is 0 Å². The molecule has 2 aromatic rings. The van der Waals surface area contributed by atoms with Crippen LogP contribution in [0.4, 0.5) is 0 Å². The van der Waals surface area contributed by atoms with E-state index in [9.17, 15) is 9.59 Å². The molecule has 0 radical (unpaired) electrons. The number of benzene rings is 1. The topological polar surface area (TPSA) is 94.8 Å². The maximum atomic E-state index is 12.2.